The van der Waals surface area contributed by atoms with Gasteiger partial charge in [-0.15, -0.1) is 0 Å². The minimum atomic E-state index is -3.71. The molecule has 1 amide bonds. The maximum Gasteiger partial charge on any atom is 0.255 e. The number of carbonyl (C=O) groups is 1. The molecule has 2 unspecified atom stereocenters. The molecule has 1 saturated heterocycles. The minimum absolute atomic E-state index is 0.00648. The number of fused-ring (bicyclic) bond motifs is 2. The number of amides is 1. The number of methoxy groups -OCH3 is 2. The maximum atomic E-state index is 13.6. The fourth-order valence-electron chi connectivity index (χ4n) is 5.74. The largest absolute Gasteiger partial charge is 0.493 e. The Morgan fingerprint density at radius 2 is 1.76 bits per heavy atom. The number of carbonyl (C=O) groups excluding carboxylic acids is 1. The molecule has 0 radical (unpaired) electrons. The summed E-state index contributed by atoms with van der Waals surface area (Å²) in [5.74, 6) is 0.645. The molecule has 2 bridgehead atoms. The average molecular weight is 473 g/mol. The van der Waals surface area contributed by atoms with E-state index in [1.165, 1.54) is 20.3 Å². The lowest BCUT2D eigenvalue weighted by atomic mass is 9.65. The number of nitrogens with one attached hydrogen (secondary N) is 1. The zero-order valence-corrected chi connectivity index (χ0v) is 20.7. The summed E-state index contributed by atoms with van der Waals surface area (Å²) in [4.78, 5) is 13.0. The molecular weight excluding hydrogens is 440 g/mol. The molecule has 0 spiro atoms. The highest BCUT2D eigenvalue weighted by Gasteiger charge is 2.53. The summed E-state index contributed by atoms with van der Waals surface area (Å²) >= 11 is 0. The molecule has 2 aromatic carbocycles. The monoisotopic (exact) mass is 472 g/mol. The van der Waals surface area contributed by atoms with Gasteiger partial charge < -0.3 is 14.8 Å². The first kappa shape index (κ1) is 23.6. The minimum Gasteiger partial charge on any atom is -0.493 e. The van der Waals surface area contributed by atoms with Crippen molar-refractivity contribution in [2.45, 2.75) is 51.0 Å². The average Bonchev–Trinajstić information content (AvgIpc) is 3.02. The lowest BCUT2D eigenvalue weighted by Crippen LogP contribution is -2.37. The molecule has 7 nitrogen and oxygen atoms in total. The summed E-state index contributed by atoms with van der Waals surface area (Å²) < 4.78 is 39.3. The van der Waals surface area contributed by atoms with Gasteiger partial charge in [-0.1, -0.05) is 26.8 Å². The number of hydrogen-bond donors (Lipinski definition) is 1. The Labute approximate surface area is 196 Å². The van der Waals surface area contributed by atoms with Gasteiger partial charge in [-0.3, -0.25) is 4.79 Å². The highest BCUT2D eigenvalue weighted by atomic mass is 32.2. The molecule has 178 valence electrons. The summed E-state index contributed by atoms with van der Waals surface area (Å²) in [6.45, 7) is 7.13. The number of ether oxygens (including phenoxy) is 2. The summed E-state index contributed by atoms with van der Waals surface area (Å²) in [6, 6.07) is 11.3. The van der Waals surface area contributed by atoms with E-state index >= 15 is 0 Å². The number of rotatable bonds is 6. The van der Waals surface area contributed by atoms with Crippen LogP contribution in [0, 0.1) is 10.8 Å². The van der Waals surface area contributed by atoms with Gasteiger partial charge in [0.15, 0.2) is 11.5 Å². The Morgan fingerprint density at radius 3 is 2.45 bits per heavy atom. The van der Waals surface area contributed by atoms with Crippen LogP contribution >= 0.6 is 0 Å². The first-order valence-corrected chi connectivity index (χ1v) is 12.6. The Kier molecular flexibility index (Phi) is 5.95. The van der Waals surface area contributed by atoms with Gasteiger partial charge in [0.25, 0.3) is 5.91 Å². The number of benzene rings is 2. The topological polar surface area (TPSA) is 84.9 Å². The van der Waals surface area contributed by atoms with Gasteiger partial charge in [0.05, 0.1) is 19.1 Å². The molecule has 33 heavy (non-hydrogen) atoms. The third-order valence-electron chi connectivity index (χ3n) is 6.71. The van der Waals surface area contributed by atoms with Crippen molar-refractivity contribution in [3.05, 3.63) is 48.0 Å². The van der Waals surface area contributed by atoms with Gasteiger partial charge in [-0.05, 0) is 60.4 Å². The molecular formula is C25H32N2O5S. The second-order valence-corrected chi connectivity index (χ2v) is 12.2. The molecule has 8 heteroatoms. The second-order valence-electron chi connectivity index (χ2n) is 10.3. The molecule has 2 fully saturated rings. The van der Waals surface area contributed by atoms with Gasteiger partial charge in [0.2, 0.25) is 10.0 Å². The van der Waals surface area contributed by atoms with Gasteiger partial charge in [0.1, 0.15) is 0 Å². The van der Waals surface area contributed by atoms with Crippen molar-refractivity contribution in [1.29, 1.82) is 0 Å². The normalized spacial score (nSPS) is 24.3. The highest BCUT2D eigenvalue weighted by molar-refractivity contribution is 7.89. The van der Waals surface area contributed by atoms with Gasteiger partial charge in [-0.2, -0.15) is 4.31 Å². The van der Waals surface area contributed by atoms with Gasteiger partial charge in [-0.25, -0.2) is 8.42 Å². The van der Waals surface area contributed by atoms with Gasteiger partial charge >= 0.3 is 0 Å². The van der Waals surface area contributed by atoms with Crippen molar-refractivity contribution in [2.24, 2.45) is 10.8 Å². The van der Waals surface area contributed by atoms with Crippen molar-refractivity contribution in [3.63, 3.8) is 0 Å². The highest BCUT2D eigenvalue weighted by Crippen LogP contribution is 2.53. The Morgan fingerprint density at radius 1 is 1.03 bits per heavy atom. The fraction of sp³-hybridized carbons (Fsp3) is 0.480. The molecule has 2 atom stereocenters. The van der Waals surface area contributed by atoms with E-state index in [1.807, 2.05) is 0 Å². The van der Waals surface area contributed by atoms with E-state index in [-0.39, 0.29) is 27.3 Å². The van der Waals surface area contributed by atoms with Crippen LogP contribution < -0.4 is 14.8 Å². The molecule has 4 rings (SSSR count). The molecule has 2 aromatic rings. The van der Waals surface area contributed by atoms with E-state index in [9.17, 15) is 13.2 Å². The van der Waals surface area contributed by atoms with Crippen LogP contribution in [-0.2, 0) is 10.0 Å². The third-order valence-corrected chi connectivity index (χ3v) is 8.61. The van der Waals surface area contributed by atoms with E-state index in [4.69, 9.17) is 9.47 Å². The zero-order valence-electron chi connectivity index (χ0n) is 19.8. The molecule has 1 saturated carbocycles. The standard InChI is InChI=1S/C25H32N2O5S/c1-24(2)13-19-14-25(3,15-24)16-27(19)33(29,30)20-8-6-7-17(11-20)23(28)26-18-9-10-21(31-4)22(12-18)32-5/h6-12,19H,13-16H2,1-5H3,(H,26,28). The smallest absolute Gasteiger partial charge is 0.255 e. The van der Waals surface area contributed by atoms with Crippen LogP contribution in [0.15, 0.2) is 47.4 Å². The number of sulfonamides is 1. The van der Waals surface area contributed by atoms with Crippen LogP contribution in [-0.4, -0.2) is 45.4 Å². The van der Waals surface area contributed by atoms with Crippen molar-refractivity contribution >= 4 is 21.6 Å². The number of hydrogen-bond acceptors (Lipinski definition) is 5. The second kappa shape index (κ2) is 8.33. The quantitative estimate of drug-likeness (QED) is 0.667. The molecule has 0 aromatic heterocycles. The lowest BCUT2D eigenvalue weighted by molar-refractivity contribution is 0.102. The molecule has 1 aliphatic heterocycles. The van der Waals surface area contributed by atoms with Crippen molar-refractivity contribution < 1.29 is 22.7 Å². The number of nitrogens with zero attached hydrogens (tertiary/aromatic N) is 1. The summed E-state index contributed by atoms with van der Waals surface area (Å²) in [5, 5.41) is 2.80. The summed E-state index contributed by atoms with van der Waals surface area (Å²) in [6.07, 6.45) is 2.74. The predicted octanol–water partition coefficient (Wildman–Crippen LogP) is 4.55. The van der Waals surface area contributed by atoms with Crippen LogP contribution in [0.1, 0.15) is 50.4 Å². The predicted molar refractivity (Wildman–Crippen MR) is 127 cm³/mol. The maximum absolute atomic E-state index is 13.6. The van der Waals surface area contributed by atoms with Crippen molar-refractivity contribution in [1.82, 2.24) is 4.31 Å². The van der Waals surface area contributed by atoms with Crippen LogP contribution in [0.25, 0.3) is 0 Å². The Bertz CT molecular complexity index is 1180. The Balaban J connectivity index is 1.57. The first-order valence-electron chi connectivity index (χ1n) is 11.1. The Hall–Kier alpha value is -2.58. The number of anilines is 1. The molecule has 1 aliphatic carbocycles. The van der Waals surface area contributed by atoms with Gasteiger partial charge in [0, 0.05) is 29.9 Å². The van der Waals surface area contributed by atoms with E-state index in [0.29, 0.717) is 23.7 Å². The van der Waals surface area contributed by atoms with E-state index in [2.05, 4.69) is 26.1 Å². The molecule has 1 heterocycles. The van der Waals surface area contributed by atoms with E-state index < -0.39 is 15.9 Å². The van der Waals surface area contributed by atoms with Crippen LogP contribution in [0.5, 0.6) is 11.5 Å². The van der Waals surface area contributed by atoms with Crippen LogP contribution in [0.3, 0.4) is 0 Å². The van der Waals surface area contributed by atoms with E-state index in [1.54, 1.807) is 40.7 Å². The summed E-state index contributed by atoms with van der Waals surface area (Å²) in [7, 11) is -0.653. The molecule has 1 N–H and O–H groups in total. The van der Waals surface area contributed by atoms with E-state index in [0.717, 1.165) is 19.3 Å². The molecule has 2 aliphatic rings. The lowest BCUT2D eigenvalue weighted by Gasteiger charge is -2.39. The third kappa shape index (κ3) is 4.59. The van der Waals surface area contributed by atoms with Crippen molar-refractivity contribution in [3.8, 4) is 11.5 Å². The SMILES string of the molecule is COc1ccc(NC(=O)c2cccc(S(=O)(=O)N3CC4(C)CC3CC(C)(C)C4)c2)cc1OC. The fourth-order valence-corrected chi connectivity index (χ4v) is 7.56. The first-order chi connectivity index (χ1) is 15.5. The van der Waals surface area contributed by atoms with Crippen LogP contribution in [0.4, 0.5) is 5.69 Å². The summed E-state index contributed by atoms with van der Waals surface area (Å²) in [5.41, 5.74) is 0.902. The van der Waals surface area contributed by atoms with Crippen LogP contribution in [0.2, 0.25) is 0 Å². The van der Waals surface area contributed by atoms with Crippen molar-refractivity contribution in [2.75, 3.05) is 26.1 Å². The zero-order chi connectivity index (χ0) is 24.0.